The first-order valence-electron chi connectivity index (χ1n) is 9.32. The maximum absolute atomic E-state index is 12.3. The van der Waals surface area contributed by atoms with E-state index >= 15 is 0 Å². The zero-order valence-electron chi connectivity index (χ0n) is 17.1. The first-order chi connectivity index (χ1) is 15.2. The second-order valence-electron chi connectivity index (χ2n) is 6.67. The van der Waals surface area contributed by atoms with E-state index in [2.05, 4.69) is 15.6 Å². The predicted octanol–water partition coefficient (Wildman–Crippen LogP) is 2.76. The number of carbonyl (C=O) groups is 2. The van der Waals surface area contributed by atoms with Crippen LogP contribution in [0.5, 0.6) is 5.75 Å². The maximum Gasteiger partial charge on any atom is 0.371 e. The largest absolute Gasteiger partial charge is 0.486 e. The summed E-state index contributed by atoms with van der Waals surface area (Å²) in [5.41, 5.74) is 3.47. The van der Waals surface area contributed by atoms with Gasteiger partial charge in [-0.15, -0.1) is 0 Å². The number of rotatable bonds is 9. The van der Waals surface area contributed by atoms with Gasteiger partial charge in [-0.25, -0.2) is 10.2 Å². The molecule has 0 saturated heterocycles. The number of carbonyl (C=O) groups excluding carboxylic acids is 1. The van der Waals surface area contributed by atoms with Crippen molar-refractivity contribution in [1.29, 1.82) is 0 Å². The number of amides is 1. The highest BCUT2D eigenvalue weighted by Gasteiger charge is 2.19. The Morgan fingerprint density at radius 2 is 2.03 bits per heavy atom. The molecule has 3 aromatic rings. The second kappa shape index (κ2) is 9.55. The van der Waals surface area contributed by atoms with E-state index in [1.807, 2.05) is 0 Å². The molecule has 166 valence electrons. The van der Waals surface area contributed by atoms with Crippen molar-refractivity contribution in [2.75, 3.05) is 0 Å². The van der Waals surface area contributed by atoms with Crippen LogP contribution >= 0.6 is 0 Å². The van der Waals surface area contributed by atoms with E-state index in [0.29, 0.717) is 17.2 Å². The van der Waals surface area contributed by atoms with Crippen LogP contribution in [0.15, 0.2) is 58.3 Å². The van der Waals surface area contributed by atoms with Crippen molar-refractivity contribution < 1.29 is 28.8 Å². The highest BCUT2D eigenvalue weighted by molar-refractivity contribution is 5.99. The van der Waals surface area contributed by atoms with Crippen LogP contribution < -0.4 is 10.2 Å². The average Bonchev–Trinajstić information content (AvgIpc) is 3.46. The van der Waals surface area contributed by atoms with Gasteiger partial charge in [0.15, 0.2) is 0 Å². The third-order valence-electron chi connectivity index (χ3n) is 4.43. The zero-order chi connectivity index (χ0) is 23.3. The minimum atomic E-state index is -1.15. The van der Waals surface area contributed by atoms with Gasteiger partial charge < -0.3 is 14.3 Å². The summed E-state index contributed by atoms with van der Waals surface area (Å²) < 4.78 is 11.9. The van der Waals surface area contributed by atoms with E-state index < -0.39 is 22.8 Å². The molecule has 0 aliphatic heterocycles. The molecular formula is C20H19N5O7. The summed E-state index contributed by atoms with van der Waals surface area (Å²) in [7, 11) is 0. The molecule has 1 aromatic carbocycles. The Balaban J connectivity index is 1.55. The first-order valence-corrected chi connectivity index (χ1v) is 9.32. The molecular weight excluding hydrogens is 422 g/mol. The molecule has 0 bridgehead atoms. The molecule has 2 heterocycles. The molecule has 3 rings (SSSR count). The van der Waals surface area contributed by atoms with Crippen LogP contribution in [0, 0.1) is 10.1 Å². The second-order valence-corrected chi connectivity index (χ2v) is 6.67. The number of carboxylic acids is 1. The molecule has 2 N–H and O–H groups in total. The number of nitro groups is 1. The Kier molecular flexibility index (Phi) is 6.63. The number of benzene rings is 1. The Hall–Kier alpha value is -4.48. The van der Waals surface area contributed by atoms with Crippen LogP contribution in [0.4, 0.5) is 5.69 Å². The zero-order valence-corrected chi connectivity index (χ0v) is 17.1. The topological polar surface area (TPSA) is 162 Å². The summed E-state index contributed by atoms with van der Waals surface area (Å²) in [6.07, 6.45) is 2.24. The van der Waals surface area contributed by atoms with Crippen molar-refractivity contribution in [3.63, 3.8) is 0 Å². The van der Waals surface area contributed by atoms with Gasteiger partial charge >= 0.3 is 11.7 Å². The molecule has 0 unspecified atom stereocenters. The average molecular weight is 441 g/mol. The van der Waals surface area contributed by atoms with Crippen LogP contribution in [-0.4, -0.2) is 37.4 Å². The molecule has 12 heteroatoms. The number of nitrogens with zero attached hydrogens (tertiary/aromatic N) is 4. The summed E-state index contributed by atoms with van der Waals surface area (Å²) in [6, 6.07) is 8.97. The lowest BCUT2D eigenvalue weighted by atomic mass is 10.1. The number of hydrogen-bond acceptors (Lipinski definition) is 8. The van der Waals surface area contributed by atoms with Crippen molar-refractivity contribution in [1.82, 2.24) is 15.2 Å². The van der Waals surface area contributed by atoms with Gasteiger partial charge in [-0.2, -0.15) is 10.2 Å². The van der Waals surface area contributed by atoms with E-state index in [0.717, 1.165) is 11.8 Å². The van der Waals surface area contributed by atoms with Crippen molar-refractivity contribution in [3.05, 3.63) is 76.0 Å². The van der Waals surface area contributed by atoms with Gasteiger partial charge in [0.05, 0.1) is 10.6 Å². The van der Waals surface area contributed by atoms with Gasteiger partial charge in [0.25, 0.3) is 5.91 Å². The fraction of sp³-hybridized carbons (Fsp3) is 0.200. The molecule has 1 atom stereocenters. The van der Waals surface area contributed by atoms with E-state index in [9.17, 15) is 19.7 Å². The fourth-order valence-electron chi connectivity index (χ4n) is 2.57. The summed E-state index contributed by atoms with van der Waals surface area (Å²) in [6.45, 7) is 3.32. The van der Waals surface area contributed by atoms with Crippen molar-refractivity contribution in [2.24, 2.45) is 5.10 Å². The lowest BCUT2D eigenvalue weighted by Gasteiger charge is -2.10. The molecule has 0 aliphatic rings. The standard InChI is InChI=1S/C20H19N5O7/c1-12(22-23-19(26)13(2)24-10-15(9-21-24)25(29)30)14-3-5-16(6-4-14)31-11-17-7-8-18(32-17)20(27)28/h3-10,13H,11H2,1-2H3,(H,23,26)(H,27,28)/b22-12+/t13-/m0/s1. The van der Waals surface area contributed by atoms with Gasteiger partial charge in [0.2, 0.25) is 5.76 Å². The third kappa shape index (κ3) is 5.36. The Bertz CT molecular complexity index is 1160. The number of hydrogen-bond donors (Lipinski definition) is 2. The van der Waals surface area contributed by atoms with Gasteiger partial charge in [0.1, 0.15) is 36.6 Å². The fourth-order valence-corrected chi connectivity index (χ4v) is 2.57. The normalized spacial score (nSPS) is 12.2. The first kappa shape index (κ1) is 22.2. The number of aromatic carboxylic acids is 1. The molecule has 2 aromatic heterocycles. The van der Waals surface area contributed by atoms with E-state index in [1.54, 1.807) is 38.1 Å². The van der Waals surface area contributed by atoms with Crippen LogP contribution in [0.25, 0.3) is 0 Å². The Labute approximate surface area is 181 Å². The molecule has 0 saturated carbocycles. The lowest BCUT2D eigenvalue weighted by Crippen LogP contribution is -2.28. The molecule has 0 aliphatic carbocycles. The highest BCUT2D eigenvalue weighted by Crippen LogP contribution is 2.17. The number of ether oxygens (including phenoxy) is 1. The van der Waals surface area contributed by atoms with E-state index in [4.69, 9.17) is 14.3 Å². The smallest absolute Gasteiger partial charge is 0.371 e. The molecule has 0 fully saturated rings. The third-order valence-corrected chi connectivity index (χ3v) is 4.43. The number of nitrogens with one attached hydrogen (secondary N) is 1. The van der Waals surface area contributed by atoms with Crippen LogP contribution in [0.2, 0.25) is 0 Å². The quantitative estimate of drug-likeness (QED) is 0.291. The van der Waals surface area contributed by atoms with Gasteiger partial charge in [-0.05, 0) is 55.8 Å². The number of furan rings is 1. The van der Waals surface area contributed by atoms with Crippen LogP contribution in [0.3, 0.4) is 0 Å². The molecule has 32 heavy (non-hydrogen) atoms. The summed E-state index contributed by atoms with van der Waals surface area (Å²) in [5, 5.41) is 27.5. The predicted molar refractivity (Wildman–Crippen MR) is 110 cm³/mol. The Morgan fingerprint density at radius 1 is 1.31 bits per heavy atom. The lowest BCUT2D eigenvalue weighted by molar-refractivity contribution is -0.385. The summed E-state index contributed by atoms with van der Waals surface area (Å²) >= 11 is 0. The number of hydrazone groups is 1. The molecule has 1 amide bonds. The Morgan fingerprint density at radius 3 is 2.62 bits per heavy atom. The van der Waals surface area contributed by atoms with Gasteiger partial charge in [0, 0.05) is 0 Å². The minimum Gasteiger partial charge on any atom is -0.486 e. The van der Waals surface area contributed by atoms with Gasteiger partial charge in [-0.3, -0.25) is 19.6 Å². The van der Waals surface area contributed by atoms with Crippen molar-refractivity contribution in [2.45, 2.75) is 26.5 Å². The summed E-state index contributed by atoms with van der Waals surface area (Å²) in [5.74, 6) is -0.881. The molecule has 12 nitrogen and oxygen atoms in total. The molecule has 0 radical (unpaired) electrons. The number of carboxylic acid groups (broad SMARTS) is 1. The minimum absolute atomic E-state index is 0.0687. The van der Waals surface area contributed by atoms with Crippen LogP contribution in [-0.2, 0) is 11.4 Å². The highest BCUT2D eigenvalue weighted by atomic mass is 16.6. The SMILES string of the molecule is C/C(=N\NC(=O)[C@H](C)n1cc([N+](=O)[O-])cn1)c1ccc(OCc2ccc(C(=O)O)o2)cc1. The van der Waals surface area contributed by atoms with Gasteiger partial charge in [-0.1, -0.05) is 0 Å². The van der Waals surface area contributed by atoms with Crippen molar-refractivity contribution >= 4 is 23.3 Å². The maximum atomic E-state index is 12.3. The van der Waals surface area contributed by atoms with Crippen molar-refractivity contribution in [3.8, 4) is 5.75 Å². The van der Waals surface area contributed by atoms with E-state index in [1.165, 1.54) is 23.0 Å². The monoisotopic (exact) mass is 441 g/mol. The summed E-state index contributed by atoms with van der Waals surface area (Å²) in [4.78, 5) is 33.2. The van der Waals surface area contributed by atoms with E-state index in [-0.39, 0.29) is 18.1 Å². The number of aromatic nitrogens is 2. The van der Waals surface area contributed by atoms with Crippen LogP contribution in [0.1, 0.15) is 41.8 Å². The molecule has 0 spiro atoms.